The summed E-state index contributed by atoms with van der Waals surface area (Å²) >= 11 is -0.292. The predicted octanol–water partition coefficient (Wildman–Crippen LogP) is 4.42. The van der Waals surface area contributed by atoms with Gasteiger partial charge in [0.2, 0.25) is 0 Å². The third kappa shape index (κ3) is 5.24. The van der Waals surface area contributed by atoms with Gasteiger partial charge in [0, 0.05) is 35.5 Å². The molecule has 1 aliphatic carbocycles. The molecule has 2 fully saturated rings. The van der Waals surface area contributed by atoms with E-state index in [4.69, 9.17) is 5.73 Å². The highest BCUT2D eigenvalue weighted by atomic mass is 32.2. The molecule has 0 amide bonds. The van der Waals surface area contributed by atoms with Gasteiger partial charge in [-0.2, -0.15) is 13.2 Å². The van der Waals surface area contributed by atoms with Crippen molar-refractivity contribution in [1.29, 1.82) is 0 Å². The van der Waals surface area contributed by atoms with E-state index in [1.54, 1.807) is 6.20 Å². The van der Waals surface area contributed by atoms with Gasteiger partial charge >= 0.3 is 6.18 Å². The highest BCUT2D eigenvalue weighted by molar-refractivity contribution is 7.99. The lowest BCUT2D eigenvalue weighted by Gasteiger charge is -2.54. The van der Waals surface area contributed by atoms with Gasteiger partial charge in [0.05, 0.1) is 12.2 Å². The van der Waals surface area contributed by atoms with Crippen LogP contribution >= 0.6 is 11.8 Å². The van der Waals surface area contributed by atoms with Crippen LogP contribution in [0.25, 0.3) is 0 Å². The van der Waals surface area contributed by atoms with Gasteiger partial charge in [0.15, 0.2) is 11.5 Å². The monoisotopic (exact) mass is 514 g/mol. The first kappa shape index (κ1) is 25.3. The highest BCUT2D eigenvalue weighted by Crippen LogP contribution is 2.50. The summed E-state index contributed by atoms with van der Waals surface area (Å²) in [7, 11) is 0. The summed E-state index contributed by atoms with van der Waals surface area (Å²) in [5.41, 5.74) is 5.25. The third-order valence-electron chi connectivity index (χ3n) is 6.56. The van der Waals surface area contributed by atoms with E-state index in [9.17, 15) is 17.7 Å². The Balaban J connectivity index is 1.41. The molecule has 2 atom stereocenters. The van der Waals surface area contributed by atoms with Crippen molar-refractivity contribution in [3.8, 4) is 0 Å². The van der Waals surface area contributed by atoms with Crippen LogP contribution in [-0.2, 0) is 17.5 Å². The van der Waals surface area contributed by atoms with Gasteiger partial charge in [-0.15, -0.1) is 4.72 Å². The molecule has 2 aromatic rings. The summed E-state index contributed by atoms with van der Waals surface area (Å²) in [6.45, 7) is 7.43. The second kappa shape index (κ2) is 9.36. The summed E-state index contributed by atoms with van der Waals surface area (Å²) in [5, 5.41) is 0.212. The fourth-order valence-electron chi connectivity index (χ4n) is 4.37. The van der Waals surface area contributed by atoms with Crippen molar-refractivity contribution < 1.29 is 17.7 Å². The van der Waals surface area contributed by atoms with Crippen molar-refractivity contribution in [1.82, 2.24) is 19.7 Å². The molecule has 1 saturated carbocycles. The minimum atomic E-state index is -4.57. The van der Waals surface area contributed by atoms with E-state index in [1.807, 2.05) is 20.8 Å². The van der Waals surface area contributed by atoms with Crippen LogP contribution in [0.1, 0.15) is 52.1 Å². The van der Waals surface area contributed by atoms with Gasteiger partial charge in [0.1, 0.15) is 15.6 Å². The lowest BCUT2D eigenvalue weighted by atomic mass is 9.60. The van der Waals surface area contributed by atoms with Crippen LogP contribution in [0.2, 0.25) is 0 Å². The Hall–Kier alpha value is -1.76. The molecule has 1 aliphatic heterocycles. The number of hydrogen-bond acceptors (Lipinski definition) is 8. The second-order valence-electron chi connectivity index (χ2n) is 9.81. The Morgan fingerprint density at radius 2 is 1.91 bits per heavy atom. The average molecular weight is 515 g/mol. The molecule has 12 heteroatoms. The van der Waals surface area contributed by atoms with E-state index >= 15 is 0 Å². The van der Waals surface area contributed by atoms with E-state index in [-0.39, 0.29) is 31.9 Å². The highest BCUT2D eigenvalue weighted by Gasteiger charge is 2.51. The number of pyridine rings is 1. The number of halogens is 3. The minimum Gasteiger partial charge on any atom is -0.598 e. The maximum absolute atomic E-state index is 13.2. The fraction of sp³-hybridized carbons (Fsp3) is 0.591. The molecule has 4 rings (SSSR count). The van der Waals surface area contributed by atoms with Gasteiger partial charge < -0.3 is 15.2 Å². The third-order valence-corrected chi connectivity index (χ3v) is 9.22. The molecule has 0 bridgehead atoms. The number of anilines is 2. The number of hydrogen-bond donors (Lipinski definition) is 2. The molecular weight excluding hydrogens is 485 g/mol. The summed E-state index contributed by atoms with van der Waals surface area (Å²) in [4.78, 5) is 14.2. The lowest BCUT2D eigenvalue weighted by Crippen LogP contribution is -2.61. The summed E-state index contributed by atoms with van der Waals surface area (Å²) < 4.78 is 55.3. The molecule has 0 radical (unpaired) electrons. The number of piperidine rings is 1. The number of nitrogen functional groups attached to an aromatic ring is 1. The van der Waals surface area contributed by atoms with Crippen molar-refractivity contribution in [2.75, 3.05) is 23.7 Å². The van der Waals surface area contributed by atoms with Crippen molar-refractivity contribution in [3.05, 3.63) is 30.2 Å². The Bertz CT molecular complexity index is 1020. The minimum absolute atomic E-state index is 0.0696. The van der Waals surface area contributed by atoms with Gasteiger partial charge in [-0.1, -0.05) is 11.8 Å². The molecule has 1 saturated heterocycles. The quantitative estimate of drug-likeness (QED) is 0.565. The van der Waals surface area contributed by atoms with Crippen LogP contribution in [0, 0.1) is 5.41 Å². The Kier molecular flexibility index (Phi) is 6.98. The van der Waals surface area contributed by atoms with Gasteiger partial charge in [-0.3, -0.25) is 4.98 Å². The largest absolute Gasteiger partial charge is 0.598 e. The summed E-state index contributed by atoms with van der Waals surface area (Å²) in [6, 6.07) is 3.03. The standard InChI is InChI=1S/C22H29F3N6OS2/c1-20(2,3)34(32)30-15-6-7-21(15)8-11-31(12-9-21)16-13-28-19(18(26)29-16)33-14-5-4-10-27-17(14)22(23,24)25/h4-5,10,13,15,30H,6-9,11-12H2,1-3H3,(H2,26,29)/t15-,34?/m0/s1. The van der Waals surface area contributed by atoms with Gasteiger partial charge in [-0.25, -0.2) is 9.97 Å². The molecule has 0 aromatic carbocycles. The zero-order valence-electron chi connectivity index (χ0n) is 19.4. The Morgan fingerprint density at radius 1 is 1.21 bits per heavy atom. The second-order valence-corrected chi connectivity index (χ2v) is 12.8. The number of rotatable bonds is 5. The molecule has 34 heavy (non-hydrogen) atoms. The van der Waals surface area contributed by atoms with Crippen LogP contribution in [0.5, 0.6) is 0 Å². The smallest absolute Gasteiger partial charge is 0.434 e. The zero-order valence-corrected chi connectivity index (χ0v) is 21.0. The zero-order chi connectivity index (χ0) is 24.7. The molecule has 3 N–H and O–H groups in total. The van der Waals surface area contributed by atoms with Crippen molar-refractivity contribution in [2.24, 2.45) is 5.41 Å². The van der Waals surface area contributed by atoms with Crippen molar-refractivity contribution in [2.45, 2.75) is 73.3 Å². The summed E-state index contributed by atoms with van der Waals surface area (Å²) in [6.07, 6.45) is 2.11. The molecule has 2 aromatic heterocycles. The van der Waals surface area contributed by atoms with E-state index in [2.05, 4.69) is 24.6 Å². The first-order valence-corrected chi connectivity index (χ1v) is 13.1. The molecule has 3 heterocycles. The van der Waals surface area contributed by atoms with E-state index in [1.165, 1.54) is 12.1 Å². The molecular formula is C22H29F3N6OS2. The predicted molar refractivity (Wildman–Crippen MR) is 128 cm³/mol. The molecule has 186 valence electrons. The maximum Gasteiger partial charge on any atom is 0.434 e. The topological polar surface area (TPSA) is 103 Å². The Labute approximate surface area is 204 Å². The Morgan fingerprint density at radius 3 is 2.47 bits per heavy atom. The fourth-order valence-corrected chi connectivity index (χ4v) is 6.23. The van der Waals surface area contributed by atoms with Crippen LogP contribution in [0.15, 0.2) is 34.4 Å². The molecule has 1 unspecified atom stereocenters. The number of nitrogens with two attached hydrogens (primary N) is 1. The number of nitrogens with zero attached hydrogens (tertiary/aromatic N) is 4. The summed E-state index contributed by atoms with van der Waals surface area (Å²) in [5.74, 6) is 0.699. The normalized spacial score (nSPS) is 21.4. The molecule has 2 aliphatic rings. The maximum atomic E-state index is 13.2. The molecule has 1 spiro atoms. The molecule has 7 nitrogen and oxygen atoms in total. The van der Waals surface area contributed by atoms with Crippen LogP contribution < -0.4 is 15.4 Å². The van der Waals surface area contributed by atoms with Crippen molar-refractivity contribution >= 4 is 34.8 Å². The SMILES string of the molecule is CC(C)(C)[S+]([O-])N[C@H]1CCC12CCN(c1cnc(Sc3cccnc3C(F)(F)F)c(N)n1)CC2. The van der Waals surface area contributed by atoms with Crippen LogP contribution in [-0.4, -0.2) is 43.4 Å². The van der Waals surface area contributed by atoms with Crippen molar-refractivity contribution in [3.63, 3.8) is 0 Å². The number of nitrogens with one attached hydrogen (secondary N) is 1. The van der Waals surface area contributed by atoms with Gasteiger partial charge in [0.25, 0.3) is 0 Å². The average Bonchev–Trinajstić information content (AvgIpc) is 2.77. The number of alkyl halides is 3. The van der Waals surface area contributed by atoms with Crippen LogP contribution in [0.3, 0.4) is 0 Å². The number of aromatic nitrogens is 3. The first-order valence-electron chi connectivity index (χ1n) is 11.1. The first-order chi connectivity index (χ1) is 15.9. The van der Waals surface area contributed by atoms with E-state index in [0.29, 0.717) is 5.82 Å². The van der Waals surface area contributed by atoms with Crippen LogP contribution in [0.4, 0.5) is 24.8 Å². The van der Waals surface area contributed by atoms with E-state index in [0.717, 1.165) is 56.7 Å². The van der Waals surface area contributed by atoms with E-state index < -0.39 is 23.2 Å². The van der Waals surface area contributed by atoms with Gasteiger partial charge in [-0.05, 0) is 64.0 Å². The lowest BCUT2D eigenvalue weighted by molar-refractivity contribution is -0.143.